The van der Waals surface area contributed by atoms with E-state index in [9.17, 15) is 4.79 Å². The van der Waals surface area contributed by atoms with Crippen molar-refractivity contribution in [2.75, 3.05) is 5.75 Å². The van der Waals surface area contributed by atoms with Crippen LogP contribution in [0.15, 0.2) is 29.2 Å². The molecule has 0 N–H and O–H groups in total. The van der Waals surface area contributed by atoms with E-state index in [1.807, 2.05) is 0 Å². The highest BCUT2D eigenvalue weighted by atomic mass is 127. The van der Waals surface area contributed by atoms with Crippen LogP contribution in [0, 0.1) is 3.57 Å². The minimum absolute atomic E-state index is 0.273. The van der Waals surface area contributed by atoms with Gasteiger partial charge in [0.05, 0.1) is 23.4 Å². The molecule has 0 saturated heterocycles. The Morgan fingerprint density at radius 2 is 2.19 bits per heavy atom. The topological polar surface area (TPSA) is 30.0 Å². The minimum Gasteiger partial charge on any atom is -0.298 e. The molecular weight excluding hydrogens is 333 g/mol. The van der Waals surface area contributed by atoms with Gasteiger partial charge in [-0.15, -0.1) is 11.8 Å². The number of carbonyl (C=O) groups is 1. The lowest BCUT2D eigenvalue weighted by molar-refractivity contribution is -0.116. The second-order valence-corrected chi connectivity index (χ2v) is 6.04. The molecule has 0 amide bonds. The van der Waals surface area contributed by atoms with Gasteiger partial charge in [-0.05, 0) is 40.8 Å². The van der Waals surface area contributed by atoms with Crippen LogP contribution in [0.3, 0.4) is 0 Å². The van der Waals surface area contributed by atoms with E-state index in [-0.39, 0.29) is 5.78 Å². The zero-order chi connectivity index (χ0) is 11.1. The predicted octanol–water partition coefficient (Wildman–Crippen LogP) is 3.06. The maximum absolute atomic E-state index is 11.4. The minimum atomic E-state index is 0.273. The van der Waals surface area contributed by atoms with Gasteiger partial charge in [0, 0.05) is 13.9 Å². The van der Waals surface area contributed by atoms with Gasteiger partial charge in [0.1, 0.15) is 5.78 Å². The van der Waals surface area contributed by atoms with Gasteiger partial charge < -0.3 is 0 Å². The van der Waals surface area contributed by atoms with Crippen LogP contribution < -0.4 is 0 Å². The second kappa shape index (κ2) is 4.00. The number of nitrogens with zero attached hydrogens (tertiary/aromatic N) is 1. The van der Waals surface area contributed by atoms with E-state index in [1.54, 1.807) is 11.8 Å². The van der Waals surface area contributed by atoms with E-state index in [4.69, 9.17) is 0 Å². The highest BCUT2D eigenvalue weighted by molar-refractivity contribution is 14.1. The van der Waals surface area contributed by atoms with Crippen LogP contribution in [0.25, 0.3) is 10.9 Å². The van der Waals surface area contributed by atoms with Gasteiger partial charge in [0.15, 0.2) is 0 Å². The van der Waals surface area contributed by atoms with Crippen molar-refractivity contribution < 1.29 is 4.79 Å². The summed E-state index contributed by atoms with van der Waals surface area (Å²) in [5.74, 6) is 0.861. The monoisotopic (exact) mass is 341 g/mol. The number of aromatic nitrogens is 1. The number of ketones is 1. The van der Waals surface area contributed by atoms with Crippen LogP contribution in [0.4, 0.5) is 0 Å². The Hall–Kier alpha value is -0.620. The van der Waals surface area contributed by atoms with Gasteiger partial charge >= 0.3 is 0 Å². The Balaban J connectivity index is 2.23. The first-order valence-corrected chi connectivity index (χ1v) is 7.02. The van der Waals surface area contributed by atoms with E-state index in [0.717, 1.165) is 21.5 Å². The van der Waals surface area contributed by atoms with Crippen LogP contribution in [-0.4, -0.2) is 16.5 Å². The Morgan fingerprint density at radius 1 is 1.31 bits per heavy atom. The fourth-order valence-corrected chi connectivity index (χ4v) is 3.20. The lowest BCUT2D eigenvalue weighted by Crippen LogP contribution is -2.13. The molecule has 0 aliphatic carbocycles. The first kappa shape index (κ1) is 10.5. The standard InChI is InChI=1S/C12H8INOS/c13-8-2-1-7-3-12-11(14-10(7)4-8)5-9(15)6-16-12/h1-4H,5-6H2. The smallest absolute Gasteiger partial charge is 0.149 e. The maximum Gasteiger partial charge on any atom is 0.149 e. The average molecular weight is 341 g/mol. The SMILES string of the molecule is O=C1CSc2cc3ccc(I)cc3nc2C1. The van der Waals surface area contributed by atoms with Gasteiger partial charge in [-0.2, -0.15) is 0 Å². The third-order valence-corrected chi connectivity index (χ3v) is 4.37. The van der Waals surface area contributed by atoms with Crippen molar-refractivity contribution in [3.63, 3.8) is 0 Å². The zero-order valence-electron chi connectivity index (χ0n) is 8.37. The average Bonchev–Trinajstić information content (AvgIpc) is 2.26. The molecule has 0 unspecified atom stereocenters. The van der Waals surface area contributed by atoms with Crippen LogP contribution >= 0.6 is 34.4 Å². The summed E-state index contributed by atoms with van der Waals surface area (Å²) in [6.07, 6.45) is 0.490. The van der Waals surface area contributed by atoms with Crippen molar-refractivity contribution in [3.8, 4) is 0 Å². The molecule has 0 radical (unpaired) electrons. The van der Waals surface area contributed by atoms with Crippen molar-refractivity contribution in [1.82, 2.24) is 4.98 Å². The molecule has 2 heterocycles. The summed E-state index contributed by atoms with van der Waals surface area (Å²) in [4.78, 5) is 17.1. The van der Waals surface area contributed by atoms with Crippen molar-refractivity contribution in [1.29, 1.82) is 0 Å². The molecule has 1 aromatic heterocycles. The van der Waals surface area contributed by atoms with E-state index < -0.39 is 0 Å². The zero-order valence-corrected chi connectivity index (χ0v) is 11.3. The molecule has 1 aromatic carbocycles. The van der Waals surface area contributed by atoms with Gasteiger partial charge in [0.2, 0.25) is 0 Å². The summed E-state index contributed by atoms with van der Waals surface area (Å²) in [6, 6.07) is 8.36. The predicted molar refractivity (Wildman–Crippen MR) is 73.9 cm³/mol. The summed E-state index contributed by atoms with van der Waals surface area (Å²) < 4.78 is 1.17. The highest BCUT2D eigenvalue weighted by Gasteiger charge is 2.18. The molecule has 0 fully saturated rings. The molecule has 0 atom stereocenters. The Kier molecular flexibility index (Phi) is 2.63. The quantitative estimate of drug-likeness (QED) is 0.690. The first-order chi connectivity index (χ1) is 7.72. The van der Waals surface area contributed by atoms with Gasteiger partial charge in [-0.25, -0.2) is 0 Å². The number of hydrogen-bond donors (Lipinski definition) is 0. The van der Waals surface area contributed by atoms with E-state index >= 15 is 0 Å². The second-order valence-electron chi connectivity index (χ2n) is 3.77. The number of fused-ring (bicyclic) bond motifs is 2. The van der Waals surface area contributed by atoms with E-state index in [2.05, 4.69) is 51.8 Å². The molecule has 4 heteroatoms. The molecule has 16 heavy (non-hydrogen) atoms. The number of thioether (sulfide) groups is 1. The first-order valence-electron chi connectivity index (χ1n) is 4.96. The van der Waals surface area contributed by atoms with Crippen molar-refractivity contribution in [2.45, 2.75) is 11.3 Å². The van der Waals surface area contributed by atoms with Gasteiger partial charge in [-0.1, -0.05) is 6.07 Å². The van der Waals surface area contributed by atoms with Crippen molar-refractivity contribution in [3.05, 3.63) is 33.5 Å². The number of Topliss-reactive ketones (excluding diaryl/α,β-unsaturated/α-hetero) is 1. The molecule has 0 spiro atoms. The molecular formula is C12H8INOS. The summed E-state index contributed by atoms with van der Waals surface area (Å²) in [6.45, 7) is 0. The fourth-order valence-electron chi connectivity index (χ4n) is 1.81. The van der Waals surface area contributed by atoms with Crippen LogP contribution in [0.1, 0.15) is 5.69 Å². The van der Waals surface area contributed by atoms with Crippen LogP contribution in [0.5, 0.6) is 0 Å². The summed E-state index contributed by atoms with van der Waals surface area (Å²) >= 11 is 3.88. The number of rotatable bonds is 0. The molecule has 1 aliphatic rings. The number of carbonyl (C=O) groups excluding carboxylic acids is 1. The lowest BCUT2D eigenvalue weighted by atomic mass is 10.1. The van der Waals surface area contributed by atoms with Crippen molar-refractivity contribution in [2.24, 2.45) is 0 Å². The third-order valence-electron chi connectivity index (χ3n) is 2.57. The fraction of sp³-hybridized carbons (Fsp3) is 0.167. The Bertz CT molecular complexity index is 597. The van der Waals surface area contributed by atoms with Gasteiger partial charge in [0.25, 0.3) is 0 Å². The summed E-state index contributed by atoms with van der Waals surface area (Å²) in [5.41, 5.74) is 1.93. The number of halogens is 1. The molecule has 0 saturated carbocycles. The molecule has 3 rings (SSSR count). The van der Waals surface area contributed by atoms with Gasteiger partial charge in [-0.3, -0.25) is 9.78 Å². The summed E-state index contributed by atoms with van der Waals surface area (Å²) in [7, 11) is 0. The molecule has 2 nitrogen and oxygen atoms in total. The van der Waals surface area contributed by atoms with Crippen LogP contribution in [0.2, 0.25) is 0 Å². The molecule has 0 bridgehead atoms. The molecule has 80 valence electrons. The highest BCUT2D eigenvalue weighted by Crippen LogP contribution is 2.30. The van der Waals surface area contributed by atoms with E-state index in [1.165, 1.54) is 3.57 Å². The number of benzene rings is 1. The molecule has 1 aliphatic heterocycles. The normalized spacial score (nSPS) is 15.2. The van der Waals surface area contributed by atoms with Crippen LogP contribution in [-0.2, 0) is 11.2 Å². The van der Waals surface area contributed by atoms with E-state index in [0.29, 0.717) is 12.2 Å². The molecule has 2 aromatic rings. The largest absolute Gasteiger partial charge is 0.298 e. The lowest BCUT2D eigenvalue weighted by Gasteiger charge is -2.14. The maximum atomic E-state index is 11.4. The Morgan fingerprint density at radius 3 is 3.06 bits per heavy atom. The van der Waals surface area contributed by atoms with Crippen molar-refractivity contribution >= 4 is 51.0 Å². The number of pyridine rings is 1. The third kappa shape index (κ3) is 1.84. The Labute approximate surface area is 111 Å². The number of hydrogen-bond acceptors (Lipinski definition) is 3. The summed E-state index contributed by atoms with van der Waals surface area (Å²) in [5, 5.41) is 1.15.